The fourth-order valence-corrected chi connectivity index (χ4v) is 2.67. The third kappa shape index (κ3) is 5.48. The number of hydrogen-bond acceptors (Lipinski definition) is 3. The first kappa shape index (κ1) is 20.3. The molecular weight excluding hydrogens is 371 g/mol. The number of carbonyl (C=O) groups is 1. The van der Waals surface area contributed by atoms with E-state index in [0.29, 0.717) is 21.4 Å². The maximum atomic E-state index is 12.1. The van der Waals surface area contributed by atoms with Crippen LogP contribution in [0.3, 0.4) is 0 Å². The highest BCUT2D eigenvalue weighted by atomic mass is 35.5. The standard InChI is InChI=1S/C20H22Cl2N2O2/c1-13(26-15-10-8-14(9-11-15)20(2,3)4)19(25)24-23-12-16-17(21)6-5-7-18(16)22/h5-13H,1-4H3,(H,24,25)/b23-12+. The molecule has 1 atom stereocenters. The fourth-order valence-electron chi connectivity index (χ4n) is 2.18. The fraction of sp³-hybridized carbons (Fsp3) is 0.300. The van der Waals surface area contributed by atoms with Crippen molar-refractivity contribution in [2.24, 2.45) is 5.10 Å². The van der Waals surface area contributed by atoms with Crippen molar-refractivity contribution in [3.63, 3.8) is 0 Å². The minimum absolute atomic E-state index is 0.0657. The number of ether oxygens (including phenoxy) is 1. The van der Waals surface area contributed by atoms with Gasteiger partial charge in [-0.25, -0.2) is 5.43 Å². The summed E-state index contributed by atoms with van der Waals surface area (Å²) in [6, 6.07) is 12.8. The van der Waals surface area contributed by atoms with Gasteiger partial charge in [-0.1, -0.05) is 62.2 Å². The minimum atomic E-state index is -0.700. The van der Waals surface area contributed by atoms with Crippen LogP contribution in [0, 0.1) is 0 Å². The highest BCUT2D eigenvalue weighted by molar-refractivity contribution is 6.38. The van der Waals surface area contributed by atoms with Crippen molar-refractivity contribution in [1.82, 2.24) is 5.43 Å². The molecule has 2 aromatic carbocycles. The van der Waals surface area contributed by atoms with E-state index in [9.17, 15) is 4.79 Å². The first-order valence-electron chi connectivity index (χ1n) is 8.22. The molecule has 1 unspecified atom stereocenters. The molecule has 0 aliphatic heterocycles. The average molecular weight is 393 g/mol. The zero-order chi connectivity index (χ0) is 19.3. The topological polar surface area (TPSA) is 50.7 Å². The predicted octanol–water partition coefficient (Wildman–Crippen LogP) is 5.21. The Balaban J connectivity index is 1.94. The summed E-state index contributed by atoms with van der Waals surface area (Å²) in [4.78, 5) is 12.1. The van der Waals surface area contributed by atoms with E-state index in [4.69, 9.17) is 27.9 Å². The van der Waals surface area contributed by atoms with E-state index in [1.807, 2.05) is 24.3 Å². The van der Waals surface area contributed by atoms with Crippen LogP contribution in [0.4, 0.5) is 0 Å². The zero-order valence-corrected chi connectivity index (χ0v) is 16.7. The van der Waals surface area contributed by atoms with Crippen molar-refractivity contribution < 1.29 is 9.53 Å². The first-order valence-corrected chi connectivity index (χ1v) is 8.98. The molecule has 138 valence electrons. The Kier molecular flexibility index (Phi) is 6.68. The van der Waals surface area contributed by atoms with Crippen molar-refractivity contribution in [2.45, 2.75) is 39.2 Å². The third-order valence-corrected chi connectivity index (χ3v) is 4.43. The van der Waals surface area contributed by atoms with Gasteiger partial charge in [-0.3, -0.25) is 4.79 Å². The smallest absolute Gasteiger partial charge is 0.280 e. The summed E-state index contributed by atoms with van der Waals surface area (Å²) in [5.41, 5.74) is 4.24. The van der Waals surface area contributed by atoms with Crippen LogP contribution >= 0.6 is 23.2 Å². The molecule has 2 aromatic rings. The van der Waals surface area contributed by atoms with Gasteiger partial charge < -0.3 is 4.74 Å². The summed E-state index contributed by atoms with van der Waals surface area (Å²) in [7, 11) is 0. The van der Waals surface area contributed by atoms with Crippen LogP contribution in [-0.2, 0) is 10.2 Å². The molecule has 1 N–H and O–H groups in total. The molecular formula is C20H22Cl2N2O2. The van der Waals surface area contributed by atoms with Crippen LogP contribution in [0.25, 0.3) is 0 Å². The van der Waals surface area contributed by atoms with E-state index in [2.05, 4.69) is 31.3 Å². The molecule has 0 heterocycles. The lowest BCUT2D eigenvalue weighted by Crippen LogP contribution is -2.33. The van der Waals surface area contributed by atoms with Gasteiger partial charge in [0.05, 0.1) is 16.3 Å². The van der Waals surface area contributed by atoms with Crippen molar-refractivity contribution in [1.29, 1.82) is 0 Å². The molecule has 0 aromatic heterocycles. The van der Waals surface area contributed by atoms with E-state index >= 15 is 0 Å². The SMILES string of the molecule is CC(Oc1ccc(C(C)(C)C)cc1)C(=O)N/N=C/c1c(Cl)cccc1Cl. The summed E-state index contributed by atoms with van der Waals surface area (Å²) in [5.74, 6) is 0.253. The van der Waals surface area contributed by atoms with Gasteiger partial charge in [0.25, 0.3) is 5.91 Å². The molecule has 0 saturated carbocycles. The molecule has 6 heteroatoms. The van der Waals surface area contributed by atoms with Gasteiger partial charge in [0.1, 0.15) is 5.75 Å². The van der Waals surface area contributed by atoms with E-state index in [-0.39, 0.29) is 11.3 Å². The molecule has 0 radical (unpaired) electrons. The summed E-state index contributed by atoms with van der Waals surface area (Å²) >= 11 is 12.1. The van der Waals surface area contributed by atoms with Gasteiger partial charge in [-0.05, 0) is 42.2 Å². The number of amides is 1. The lowest BCUT2D eigenvalue weighted by molar-refractivity contribution is -0.127. The number of benzene rings is 2. The first-order chi connectivity index (χ1) is 12.2. The van der Waals surface area contributed by atoms with Crippen LogP contribution in [0.1, 0.15) is 38.8 Å². The van der Waals surface area contributed by atoms with E-state index in [1.165, 1.54) is 11.8 Å². The molecule has 0 bridgehead atoms. The Morgan fingerprint density at radius 1 is 1.12 bits per heavy atom. The Morgan fingerprint density at radius 2 is 1.69 bits per heavy atom. The number of carbonyl (C=O) groups excluding carboxylic acids is 1. The maximum Gasteiger partial charge on any atom is 0.280 e. The van der Waals surface area contributed by atoms with Crippen molar-refractivity contribution in [3.05, 3.63) is 63.6 Å². The average Bonchev–Trinajstić information content (AvgIpc) is 2.57. The molecule has 2 rings (SSSR count). The molecule has 0 fully saturated rings. The van der Waals surface area contributed by atoms with Crippen LogP contribution < -0.4 is 10.2 Å². The lowest BCUT2D eigenvalue weighted by Gasteiger charge is -2.20. The van der Waals surface area contributed by atoms with Crippen LogP contribution in [0.2, 0.25) is 10.0 Å². The van der Waals surface area contributed by atoms with E-state index in [0.717, 1.165) is 0 Å². The summed E-state index contributed by atoms with van der Waals surface area (Å²) in [6.07, 6.45) is 0.710. The van der Waals surface area contributed by atoms with Crippen LogP contribution in [-0.4, -0.2) is 18.2 Å². The van der Waals surface area contributed by atoms with E-state index in [1.54, 1.807) is 25.1 Å². The highest BCUT2D eigenvalue weighted by Crippen LogP contribution is 2.25. The number of nitrogens with one attached hydrogen (secondary N) is 1. The predicted molar refractivity (Wildman–Crippen MR) is 107 cm³/mol. The highest BCUT2D eigenvalue weighted by Gasteiger charge is 2.16. The number of halogens is 2. The second-order valence-corrected chi connectivity index (χ2v) is 7.72. The second kappa shape index (κ2) is 8.56. The number of nitrogens with zero attached hydrogens (tertiary/aromatic N) is 1. The van der Waals surface area contributed by atoms with E-state index < -0.39 is 6.10 Å². The molecule has 0 spiro atoms. The molecule has 4 nitrogen and oxygen atoms in total. The molecule has 26 heavy (non-hydrogen) atoms. The Morgan fingerprint density at radius 3 is 2.23 bits per heavy atom. The summed E-state index contributed by atoms with van der Waals surface area (Å²) in [5, 5.41) is 4.81. The molecule has 0 aliphatic carbocycles. The maximum absolute atomic E-state index is 12.1. The molecule has 0 saturated heterocycles. The normalized spacial score (nSPS) is 12.8. The number of hydrazone groups is 1. The Bertz CT molecular complexity index is 776. The third-order valence-electron chi connectivity index (χ3n) is 3.77. The van der Waals surface area contributed by atoms with Gasteiger partial charge in [0.2, 0.25) is 0 Å². The summed E-state index contributed by atoms with van der Waals surface area (Å²) < 4.78 is 5.66. The monoisotopic (exact) mass is 392 g/mol. The zero-order valence-electron chi connectivity index (χ0n) is 15.2. The van der Waals surface area contributed by atoms with Crippen molar-refractivity contribution in [2.75, 3.05) is 0 Å². The van der Waals surface area contributed by atoms with Crippen molar-refractivity contribution in [3.8, 4) is 5.75 Å². The van der Waals surface area contributed by atoms with Gasteiger partial charge >= 0.3 is 0 Å². The Labute approximate surface area is 164 Å². The quantitative estimate of drug-likeness (QED) is 0.560. The molecule has 1 amide bonds. The van der Waals surface area contributed by atoms with Gasteiger partial charge in [-0.15, -0.1) is 0 Å². The summed E-state index contributed by atoms with van der Waals surface area (Å²) in [6.45, 7) is 8.08. The van der Waals surface area contributed by atoms with Gasteiger partial charge in [0, 0.05) is 5.56 Å². The number of hydrogen-bond donors (Lipinski definition) is 1. The van der Waals surface area contributed by atoms with Crippen LogP contribution in [0.5, 0.6) is 5.75 Å². The van der Waals surface area contributed by atoms with Gasteiger partial charge in [0.15, 0.2) is 6.10 Å². The Hall–Kier alpha value is -2.04. The minimum Gasteiger partial charge on any atom is -0.481 e. The van der Waals surface area contributed by atoms with Crippen LogP contribution in [0.15, 0.2) is 47.6 Å². The largest absolute Gasteiger partial charge is 0.481 e. The molecule has 0 aliphatic rings. The number of rotatable bonds is 5. The van der Waals surface area contributed by atoms with Crippen molar-refractivity contribution >= 4 is 35.3 Å². The van der Waals surface area contributed by atoms with Gasteiger partial charge in [-0.2, -0.15) is 5.10 Å². The second-order valence-electron chi connectivity index (χ2n) is 6.90. The lowest BCUT2D eigenvalue weighted by atomic mass is 9.87.